The van der Waals surface area contributed by atoms with E-state index in [1.54, 1.807) is 19.3 Å². The highest BCUT2D eigenvalue weighted by molar-refractivity contribution is 7.99. The quantitative estimate of drug-likeness (QED) is 0.417. The smallest absolute Gasteiger partial charge is 0.346 e. The lowest BCUT2D eigenvalue weighted by Gasteiger charge is -2.04. The van der Waals surface area contributed by atoms with E-state index in [-0.39, 0.29) is 10.8 Å². The molecule has 9 nitrogen and oxygen atoms in total. The summed E-state index contributed by atoms with van der Waals surface area (Å²) in [4.78, 5) is 35.3. The Hall–Kier alpha value is -3.14. The second kappa shape index (κ2) is 9.53. The minimum Gasteiger partial charge on any atom is -0.496 e. The Balaban J connectivity index is 1.88. The molecule has 0 fully saturated rings. The Morgan fingerprint density at radius 1 is 1.33 bits per heavy atom. The van der Waals surface area contributed by atoms with E-state index in [1.165, 1.54) is 20.3 Å². The van der Waals surface area contributed by atoms with E-state index < -0.39 is 17.2 Å². The van der Waals surface area contributed by atoms with E-state index >= 15 is 0 Å². The number of aromatic nitrogens is 3. The predicted octanol–water partition coefficient (Wildman–Crippen LogP) is 0.395. The Labute approximate surface area is 159 Å². The number of nitrogens with zero attached hydrogens (tertiary/aromatic N) is 4. The Bertz CT molecular complexity index is 994. The molecule has 1 N–H and O–H groups in total. The van der Waals surface area contributed by atoms with E-state index in [2.05, 4.69) is 15.6 Å². The number of thioether (sulfide) groups is 1. The van der Waals surface area contributed by atoms with Crippen molar-refractivity contribution < 1.29 is 9.53 Å². The lowest BCUT2D eigenvalue weighted by Crippen LogP contribution is -2.39. The molecule has 0 aliphatic heterocycles. The van der Waals surface area contributed by atoms with Crippen LogP contribution in [0.4, 0.5) is 0 Å². The third kappa shape index (κ3) is 5.42. The van der Waals surface area contributed by atoms with Gasteiger partial charge in [-0.2, -0.15) is 10.2 Å². The first kappa shape index (κ1) is 20.2. The number of allylic oxidation sites excluding steroid dienone is 1. The largest absolute Gasteiger partial charge is 0.496 e. The normalized spacial score (nSPS) is 11.2. The number of hydrogen-bond donors (Lipinski definition) is 1. The van der Waals surface area contributed by atoms with Crippen molar-refractivity contribution in [3.8, 4) is 5.75 Å². The molecule has 0 atom stereocenters. The summed E-state index contributed by atoms with van der Waals surface area (Å²) < 4.78 is 7.21. The van der Waals surface area contributed by atoms with E-state index in [1.807, 2.05) is 24.3 Å². The number of para-hydroxylation sites is 1. The number of methoxy groups -OCH3 is 1. The third-order valence-corrected chi connectivity index (χ3v) is 4.33. The van der Waals surface area contributed by atoms with Crippen LogP contribution in [0, 0.1) is 0 Å². The molecule has 1 heterocycles. The van der Waals surface area contributed by atoms with Gasteiger partial charge in [0.2, 0.25) is 5.91 Å². The molecule has 0 saturated carbocycles. The minimum atomic E-state index is -0.542. The van der Waals surface area contributed by atoms with Crippen molar-refractivity contribution in [1.29, 1.82) is 0 Å². The molecule has 0 radical (unpaired) electrons. The molecule has 2 rings (SSSR count). The first-order valence-electron chi connectivity index (χ1n) is 7.82. The Morgan fingerprint density at radius 2 is 2.07 bits per heavy atom. The van der Waals surface area contributed by atoms with Crippen LogP contribution in [0.2, 0.25) is 0 Å². The molecular formula is C17H19N5O4S. The zero-order valence-electron chi connectivity index (χ0n) is 15.1. The van der Waals surface area contributed by atoms with Crippen LogP contribution in [0.1, 0.15) is 5.56 Å². The molecule has 1 aromatic carbocycles. The number of aryl methyl sites for hydroxylation is 1. The van der Waals surface area contributed by atoms with Gasteiger partial charge in [0.15, 0.2) is 5.03 Å². The van der Waals surface area contributed by atoms with Crippen LogP contribution in [0.3, 0.4) is 0 Å². The van der Waals surface area contributed by atoms with E-state index in [4.69, 9.17) is 4.74 Å². The van der Waals surface area contributed by atoms with Crippen molar-refractivity contribution in [3.63, 3.8) is 0 Å². The summed E-state index contributed by atoms with van der Waals surface area (Å²) in [5, 5.41) is 7.72. The second-order valence-electron chi connectivity index (χ2n) is 5.28. The van der Waals surface area contributed by atoms with Crippen molar-refractivity contribution in [1.82, 2.24) is 19.8 Å². The molecule has 0 aliphatic carbocycles. The monoisotopic (exact) mass is 389 g/mol. The van der Waals surface area contributed by atoms with Crippen LogP contribution in [0.15, 0.2) is 50.1 Å². The molecule has 0 aliphatic rings. The van der Waals surface area contributed by atoms with Gasteiger partial charge in [-0.1, -0.05) is 30.0 Å². The maximum atomic E-state index is 11.9. The van der Waals surface area contributed by atoms with Gasteiger partial charge in [0.25, 0.3) is 5.56 Å². The highest BCUT2D eigenvalue weighted by Crippen LogP contribution is 2.18. The highest BCUT2D eigenvalue weighted by atomic mass is 32.2. The SMILES string of the molecule is COc1ccccc1/C=C/C=N\NC(=O)CSc1nn(C)c(=O)n(C)c1=O. The molecular weight excluding hydrogens is 370 g/mol. The Morgan fingerprint density at radius 3 is 2.81 bits per heavy atom. The first-order valence-corrected chi connectivity index (χ1v) is 8.81. The standard InChI is InChI=1S/C17H19N5O4S/c1-21-16(24)15(20-22(2)17(21)25)27-11-14(23)19-18-10-6-8-12-7-4-5-9-13(12)26-3/h4-10H,11H2,1-3H3,(H,19,23)/b8-6+,18-10-. The molecule has 2 aromatic rings. The molecule has 0 unspecified atom stereocenters. The van der Waals surface area contributed by atoms with Crippen molar-refractivity contribution in [2.24, 2.45) is 19.2 Å². The Kier molecular flexibility index (Phi) is 7.12. The maximum absolute atomic E-state index is 11.9. The number of hydrogen-bond acceptors (Lipinski definition) is 7. The molecule has 0 bridgehead atoms. The third-order valence-electron chi connectivity index (χ3n) is 3.40. The van der Waals surface area contributed by atoms with Crippen LogP contribution in [-0.4, -0.2) is 39.3 Å². The summed E-state index contributed by atoms with van der Waals surface area (Å²) >= 11 is 0.933. The number of amides is 1. The molecule has 10 heteroatoms. The average molecular weight is 389 g/mol. The van der Waals surface area contributed by atoms with Crippen molar-refractivity contribution >= 4 is 30.0 Å². The fourth-order valence-electron chi connectivity index (χ4n) is 2.03. The summed E-state index contributed by atoms with van der Waals surface area (Å²) in [5.41, 5.74) is 2.16. The van der Waals surface area contributed by atoms with Crippen molar-refractivity contribution in [2.45, 2.75) is 5.03 Å². The number of benzene rings is 1. The van der Waals surface area contributed by atoms with E-state index in [9.17, 15) is 14.4 Å². The summed E-state index contributed by atoms with van der Waals surface area (Å²) in [6.07, 6.45) is 4.88. The molecule has 142 valence electrons. The van der Waals surface area contributed by atoms with Gasteiger partial charge in [-0.3, -0.25) is 14.2 Å². The molecule has 0 saturated heterocycles. The summed E-state index contributed by atoms with van der Waals surface area (Å²) in [5.74, 6) is 0.266. The van der Waals surface area contributed by atoms with Crippen molar-refractivity contribution in [3.05, 3.63) is 56.7 Å². The number of ether oxygens (including phenoxy) is 1. The highest BCUT2D eigenvalue weighted by Gasteiger charge is 2.11. The zero-order chi connectivity index (χ0) is 19.8. The topological polar surface area (TPSA) is 108 Å². The van der Waals surface area contributed by atoms with Crippen LogP contribution in [0.25, 0.3) is 6.08 Å². The first-order chi connectivity index (χ1) is 12.9. The van der Waals surface area contributed by atoms with Gasteiger partial charge >= 0.3 is 5.69 Å². The number of carbonyl (C=O) groups excluding carboxylic acids is 1. The number of rotatable bonds is 7. The lowest BCUT2D eigenvalue weighted by atomic mass is 10.2. The van der Waals surface area contributed by atoms with Gasteiger partial charge in [-0.15, -0.1) is 0 Å². The number of carbonyl (C=O) groups is 1. The zero-order valence-corrected chi connectivity index (χ0v) is 15.9. The van der Waals surface area contributed by atoms with Gasteiger partial charge in [-0.25, -0.2) is 14.9 Å². The van der Waals surface area contributed by atoms with Gasteiger partial charge in [0.1, 0.15) is 5.75 Å². The van der Waals surface area contributed by atoms with Crippen LogP contribution >= 0.6 is 11.8 Å². The van der Waals surface area contributed by atoms with Gasteiger partial charge in [0, 0.05) is 25.9 Å². The van der Waals surface area contributed by atoms with E-state index in [0.29, 0.717) is 0 Å². The second-order valence-corrected chi connectivity index (χ2v) is 6.24. The van der Waals surface area contributed by atoms with Gasteiger partial charge in [0.05, 0.1) is 12.9 Å². The van der Waals surface area contributed by atoms with E-state index in [0.717, 1.165) is 32.3 Å². The fraction of sp³-hybridized carbons (Fsp3) is 0.235. The molecule has 1 amide bonds. The summed E-state index contributed by atoms with van der Waals surface area (Å²) in [7, 11) is 4.38. The van der Waals surface area contributed by atoms with Gasteiger partial charge < -0.3 is 4.74 Å². The fourth-order valence-corrected chi connectivity index (χ4v) is 2.80. The van der Waals surface area contributed by atoms with Gasteiger partial charge in [-0.05, 0) is 18.2 Å². The number of nitrogens with one attached hydrogen (secondary N) is 1. The molecule has 27 heavy (non-hydrogen) atoms. The molecule has 1 aromatic heterocycles. The minimum absolute atomic E-state index is 0.0615. The maximum Gasteiger partial charge on any atom is 0.346 e. The summed E-state index contributed by atoms with van der Waals surface area (Å²) in [6, 6.07) is 7.48. The van der Waals surface area contributed by atoms with Crippen LogP contribution in [0.5, 0.6) is 5.75 Å². The number of hydrazone groups is 1. The predicted molar refractivity (Wildman–Crippen MR) is 104 cm³/mol. The van der Waals surface area contributed by atoms with Crippen LogP contribution < -0.4 is 21.4 Å². The van der Waals surface area contributed by atoms with Crippen molar-refractivity contribution in [2.75, 3.05) is 12.9 Å². The molecule has 0 spiro atoms. The lowest BCUT2D eigenvalue weighted by molar-refractivity contribution is -0.118. The summed E-state index contributed by atoms with van der Waals surface area (Å²) in [6.45, 7) is 0. The average Bonchev–Trinajstić information content (AvgIpc) is 2.68. The van der Waals surface area contributed by atoms with Crippen LogP contribution in [-0.2, 0) is 18.9 Å².